The molecular weight excluding hydrogens is 248 g/mol. The molecule has 19 heavy (non-hydrogen) atoms. The molecule has 4 heterocycles. The molecule has 0 amide bonds. The van der Waals surface area contributed by atoms with Crippen LogP contribution >= 0.6 is 0 Å². The normalized spacial score (nSPS) is 11.4. The number of H-pyrrole nitrogens is 3. The lowest BCUT2D eigenvalue weighted by Crippen LogP contribution is -2.09. The maximum Gasteiger partial charge on any atom is 0.277 e. The third-order valence-electron chi connectivity index (χ3n) is 2.75. The molecule has 0 saturated heterocycles. The molecule has 0 aromatic carbocycles. The average Bonchev–Trinajstić information content (AvgIpc) is 3.04. The van der Waals surface area contributed by atoms with Crippen LogP contribution in [-0.2, 0) is 0 Å². The van der Waals surface area contributed by atoms with E-state index in [2.05, 4.69) is 40.1 Å². The van der Waals surface area contributed by atoms with Gasteiger partial charge in [-0.1, -0.05) is 0 Å². The Morgan fingerprint density at radius 1 is 1.21 bits per heavy atom. The van der Waals surface area contributed by atoms with Gasteiger partial charge < -0.3 is 9.97 Å². The third-order valence-corrected chi connectivity index (χ3v) is 2.75. The van der Waals surface area contributed by atoms with E-state index in [1.807, 2.05) is 0 Å². The van der Waals surface area contributed by atoms with Crippen molar-refractivity contribution in [2.45, 2.75) is 0 Å². The van der Waals surface area contributed by atoms with Crippen LogP contribution in [0, 0.1) is 0 Å². The zero-order valence-electron chi connectivity index (χ0n) is 9.38. The van der Waals surface area contributed by atoms with Gasteiger partial charge in [0.1, 0.15) is 17.4 Å². The van der Waals surface area contributed by atoms with Crippen molar-refractivity contribution >= 4 is 22.2 Å². The fourth-order valence-electron chi connectivity index (χ4n) is 1.89. The lowest BCUT2D eigenvalue weighted by molar-refractivity contribution is 1.08. The first-order valence-electron chi connectivity index (χ1n) is 5.41. The first kappa shape index (κ1) is 9.88. The van der Waals surface area contributed by atoms with Crippen LogP contribution in [0.3, 0.4) is 0 Å². The molecule has 0 unspecified atom stereocenters. The van der Waals surface area contributed by atoms with Crippen molar-refractivity contribution < 1.29 is 0 Å². The Morgan fingerprint density at radius 3 is 3.11 bits per heavy atom. The monoisotopic (exact) mass is 254 g/mol. The first-order chi connectivity index (χ1) is 9.33. The van der Waals surface area contributed by atoms with E-state index in [0.29, 0.717) is 33.7 Å². The molecule has 92 valence electrons. The molecule has 4 aromatic heterocycles. The van der Waals surface area contributed by atoms with Crippen LogP contribution in [0.5, 0.6) is 0 Å². The number of nitrogens with zero attached hydrogens (tertiary/aromatic N) is 5. The first-order valence-corrected chi connectivity index (χ1v) is 5.41. The van der Waals surface area contributed by atoms with Gasteiger partial charge in [0, 0.05) is 0 Å². The highest BCUT2D eigenvalue weighted by atomic mass is 16.1. The smallest absolute Gasteiger partial charge is 0.277 e. The molecule has 0 spiro atoms. The van der Waals surface area contributed by atoms with Gasteiger partial charge in [-0.25, -0.2) is 19.9 Å². The number of fused-ring (bicyclic) bond motifs is 2. The van der Waals surface area contributed by atoms with E-state index in [1.54, 1.807) is 6.20 Å². The van der Waals surface area contributed by atoms with E-state index in [1.165, 1.54) is 12.7 Å². The molecule has 0 fully saturated rings. The fraction of sp³-hybridized carbons (Fsp3) is 0. The van der Waals surface area contributed by atoms with E-state index < -0.39 is 0 Å². The summed E-state index contributed by atoms with van der Waals surface area (Å²) in [6.07, 6.45) is 4.43. The van der Waals surface area contributed by atoms with Crippen molar-refractivity contribution in [3.8, 4) is 11.5 Å². The minimum absolute atomic E-state index is 0.303. The van der Waals surface area contributed by atoms with Crippen molar-refractivity contribution in [3.63, 3.8) is 0 Å². The Bertz CT molecular complexity index is 949. The Morgan fingerprint density at radius 2 is 2.16 bits per heavy atom. The summed E-state index contributed by atoms with van der Waals surface area (Å²) >= 11 is 0. The van der Waals surface area contributed by atoms with E-state index >= 15 is 0 Å². The Balaban J connectivity index is 2.06. The molecule has 0 atom stereocenters. The zero-order chi connectivity index (χ0) is 12.8. The SMILES string of the molecule is O=c1[nH]c(-c2n[nH]c3cncnc23)nc2nc[nH]c12. The summed E-state index contributed by atoms with van der Waals surface area (Å²) in [5, 5.41) is 6.88. The third kappa shape index (κ3) is 1.35. The topological polar surface area (TPSA) is 129 Å². The molecular formula is C10H6N8O. The molecule has 0 radical (unpaired) electrons. The number of rotatable bonds is 1. The van der Waals surface area contributed by atoms with Crippen LogP contribution < -0.4 is 5.56 Å². The standard InChI is InChI=1S/C10H6N8O/c19-10-7-8(14-3-13-7)15-9(16-10)6-5-4(17-18-6)1-11-2-12-5/h1-3H,(H,17,18)(H2,13,14,15,16,19). The quantitative estimate of drug-likeness (QED) is 0.437. The van der Waals surface area contributed by atoms with Crippen LogP contribution in [0.15, 0.2) is 23.6 Å². The highest BCUT2D eigenvalue weighted by Gasteiger charge is 2.14. The summed E-state index contributed by atoms with van der Waals surface area (Å²) < 4.78 is 0. The second-order valence-electron chi connectivity index (χ2n) is 3.87. The van der Waals surface area contributed by atoms with Gasteiger partial charge in [-0.15, -0.1) is 0 Å². The second-order valence-corrected chi connectivity index (χ2v) is 3.87. The average molecular weight is 254 g/mol. The molecule has 0 aliphatic rings. The van der Waals surface area contributed by atoms with Crippen molar-refractivity contribution in [2.75, 3.05) is 0 Å². The molecule has 0 aliphatic carbocycles. The molecule has 0 saturated carbocycles. The summed E-state index contributed by atoms with van der Waals surface area (Å²) in [6, 6.07) is 0. The summed E-state index contributed by atoms with van der Waals surface area (Å²) in [7, 11) is 0. The number of hydrogen-bond donors (Lipinski definition) is 3. The van der Waals surface area contributed by atoms with Gasteiger partial charge in [-0.3, -0.25) is 9.89 Å². The Labute approximate surface area is 104 Å². The van der Waals surface area contributed by atoms with Gasteiger partial charge in [-0.2, -0.15) is 5.10 Å². The molecule has 4 aromatic rings. The predicted octanol–water partition coefficient (Wildman–Crippen LogP) is -0.0205. The van der Waals surface area contributed by atoms with Gasteiger partial charge in [0.05, 0.1) is 12.5 Å². The summed E-state index contributed by atoms with van der Waals surface area (Å²) in [5.41, 5.74) is 2.08. The largest absolute Gasteiger partial charge is 0.339 e. The van der Waals surface area contributed by atoms with E-state index in [-0.39, 0.29) is 5.56 Å². The second kappa shape index (κ2) is 3.45. The van der Waals surface area contributed by atoms with Gasteiger partial charge in [-0.05, 0) is 0 Å². The lowest BCUT2D eigenvalue weighted by atomic mass is 10.3. The minimum Gasteiger partial charge on any atom is -0.339 e. The van der Waals surface area contributed by atoms with Crippen molar-refractivity contribution in [1.29, 1.82) is 0 Å². The van der Waals surface area contributed by atoms with Crippen LogP contribution in [0.4, 0.5) is 0 Å². The van der Waals surface area contributed by atoms with E-state index in [4.69, 9.17) is 0 Å². The highest BCUT2D eigenvalue weighted by molar-refractivity contribution is 5.87. The summed E-state index contributed by atoms with van der Waals surface area (Å²) in [4.78, 5) is 33.5. The van der Waals surface area contributed by atoms with Crippen molar-refractivity contribution in [3.05, 3.63) is 29.2 Å². The molecule has 9 heteroatoms. The van der Waals surface area contributed by atoms with Crippen LogP contribution in [0.25, 0.3) is 33.7 Å². The van der Waals surface area contributed by atoms with Crippen LogP contribution in [-0.4, -0.2) is 40.1 Å². The van der Waals surface area contributed by atoms with Gasteiger partial charge in [0.2, 0.25) is 0 Å². The number of aromatic amines is 3. The minimum atomic E-state index is -0.303. The Hall–Kier alpha value is -3.10. The molecule has 4 rings (SSSR count). The van der Waals surface area contributed by atoms with Crippen LogP contribution in [0.2, 0.25) is 0 Å². The van der Waals surface area contributed by atoms with Crippen molar-refractivity contribution in [1.82, 2.24) is 40.1 Å². The molecule has 9 nitrogen and oxygen atoms in total. The van der Waals surface area contributed by atoms with Crippen molar-refractivity contribution in [2.24, 2.45) is 0 Å². The Kier molecular flexibility index (Phi) is 1.79. The summed E-state index contributed by atoms with van der Waals surface area (Å²) in [5.74, 6) is 0.314. The predicted molar refractivity (Wildman–Crippen MR) is 65.2 cm³/mol. The van der Waals surface area contributed by atoms with Gasteiger partial charge >= 0.3 is 0 Å². The van der Waals surface area contributed by atoms with Gasteiger partial charge in [0.15, 0.2) is 22.7 Å². The maximum absolute atomic E-state index is 11.9. The van der Waals surface area contributed by atoms with Crippen LogP contribution in [0.1, 0.15) is 0 Å². The van der Waals surface area contributed by atoms with Gasteiger partial charge in [0.25, 0.3) is 5.56 Å². The number of aromatic nitrogens is 8. The van der Waals surface area contributed by atoms with E-state index in [0.717, 1.165) is 0 Å². The fourth-order valence-corrected chi connectivity index (χ4v) is 1.89. The molecule has 0 aliphatic heterocycles. The zero-order valence-corrected chi connectivity index (χ0v) is 9.38. The maximum atomic E-state index is 11.9. The highest BCUT2D eigenvalue weighted by Crippen LogP contribution is 2.20. The molecule has 0 bridgehead atoms. The summed E-state index contributed by atoms with van der Waals surface area (Å²) in [6.45, 7) is 0. The lowest BCUT2D eigenvalue weighted by Gasteiger charge is -1.96. The number of hydrogen-bond acceptors (Lipinski definition) is 6. The number of nitrogens with one attached hydrogen (secondary N) is 3. The number of imidazole rings is 1. The van der Waals surface area contributed by atoms with E-state index in [9.17, 15) is 4.79 Å². The molecule has 3 N–H and O–H groups in total.